The summed E-state index contributed by atoms with van der Waals surface area (Å²) in [5, 5.41) is 8.48. The van der Waals surface area contributed by atoms with E-state index in [-0.39, 0.29) is 31.0 Å². The molecule has 4 rings (SSSR count). The van der Waals surface area contributed by atoms with Gasteiger partial charge in [-0.25, -0.2) is 4.39 Å². The minimum absolute atomic E-state index is 0.142. The molecule has 0 radical (unpaired) electrons. The second-order valence-corrected chi connectivity index (χ2v) is 11.8. The van der Waals surface area contributed by atoms with Gasteiger partial charge in [0, 0.05) is 36.6 Å². The number of H-pyrrole nitrogens is 1. The lowest BCUT2D eigenvalue weighted by atomic mass is 10.0. The molecule has 0 saturated carbocycles. The van der Waals surface area contributed by atoms with Gasteiger partial charge in [-0.1, -0.05) is 26.0 Å². The number of nitrogens with zero attached hydrogens (tertiary/aromatic N) is 2. The number of likely N-dealkylation sites (N-methyl/N-ethyl adjacent to an activating group) is 1. The van der Waals surface area contributed by atoms with E-state index in [0.717, 1.165) is 25.2 Å². The lowest BCUT2D eigenvalue weighted by Gasteiger charge is -2.21. The number of carbonyl (C=O) groups excluding carboxylic acids is 4. The Hall–Kier alpha value is -5.01. The van der Waals surface area contributed by atoms with Crippen LogP contribution in [0, 0.1) is 19.7 Å². The average Bonchev–Trinajstić information content (AvgIpc) is 3.51. The van der Waals surface area contributed by atoms with E-state index in [0.29, 0.717) is 46.1 Å². The van der Waals surface area contributed by atoms with E-state index in [1.54, 1.807) is 39.2 Å². The third kappa shape index (κ3) is 8.92. The Morgan fingerprint density at radius 2 is 1.80 bits per heavy atom. The number of ether oxygens (including phenoxy) is 1. The Kier molecular flexibility index (Phi) is 12.7. The number of methoxy groups -OCH3 is 1. The van der Waals surface area contributed by atoms with Crippen molar-refractivity contribution in [2.24, 2.45) is 5.73 Å². The van der Waals surface area contributed by atoms with Crippen molar-refractivity contribution >= 4 is 41.0 Å². The quantitative estimate of drug-likeness (QED) is 0.146. The summed E-state index contributed by atoms with van der Waals surface area (Å²) in [5.41, 5.74) is 9.67. The van der Waals surface area contributed by atoms with Crippen LogP contribution >= 0.6 is 0 Å². The number of aromatic amines is 1. The summed E-state index contributed by atoms with van der Waals surface area (Å²) in [7, 11) is 1.57. The van der Waals surface area contributed by atoms with Gasteiger partial charge in [0.25, 0.3) is 11.8 Å². The predicted octanol–water partition coefficient (Wildman–Crippen LogP) is 2.89. The number of rotatable bonds is 16. The SMILES string of the molecule is CCN(CC)CCNC(=O)c1c(C)[nH]c(/C=C2\C(=O)N(CC(=O)NC(CCN)C(=O)NCc3ccc(OC)cc3)c3ccc(F)cc32)c1C. The molecule has 1 unspecified atom stereocenters. The van der Waals surface area contributed by atoms with Crippen LogP contribution in [0.2, 0.25) is 0 Å². The van der Waals surface area contributed by atoms with Gasteiger partial charge in [-0.3, -0.25) is 24.1 Å². The minimum Gasteiger partial charge on any atom is -0.497 e. The Balaban J connectivity index is 1.49. The fraction of sp³-hybridized carbons (Fsp3) is 0.389. The van der Waals surface area contributed by atoms with Crippen molar-refractivity contribution in [2.45, 2.75) is 46.7 Å². The molecule has 1 aliphatic rings. The summed E-state index contributed by atoms with van der Waals surface area (Å²) >= 11 is 0. The van der Waals surface area contributed by atoms with Crippen LogP contribution in [0.3, 0.4) is 0 Å². The lowest BCUT2D eigenvalue weighted by molar-refractivity contribution is -0.128. The highest BCUT2D eigenvalue weighted by Gasteiger charge is 2.35. The third-order valence-electron chi connectivity index (χ3n) is 8.65. The van der Waals surface area contributed by atoms with Gasteiger partial charge in [0.15, 0.2) is 0 Å². The lowest BCUT2D eigenvalue weighted by Crippen LogP contribution is -2.50. The standard InChI is InChI=1S/C36H46FN7O5/c1-6-43(7-2)17-16-39-35(47)33-22(3)30(41-23(33)4)19-28-27-18-25(37)10-13-31(27)44(36(28)48)21-32(45)42-29(14-15-38)34(46)40-20-24-8-11-26(49-5)12-9-24/h8-13,18-19,29,41H,6-7,14-17,20-21,38H2,1-5H3,(H,39,47)(H,40,46)(H,42,45)/b28-19-. The Labute approximate surface area is 286 Å². The van der Waals surface area contributed by atoms with E-state index in [1.807, 2.05) is 12.1 Å². The number of halogens is 1. The van der Waals surface area contributed by atoms with Gasteiger partial charge >= 0.3 is 0 Å². The zero-order valence-electron chi connectivity index (χ0n) is 28.7. The minimum atomic E-state index is -0.933. The first-order chi connectivity index (χ1) is 23.5. The van der Waals surface area contributed by atoms with Crippen molar-refractivity contribution in [3.8, 4) is 5.75 Å². The normalized spacial score (nSPS) is 13.8. The monoisotopic (exact) mass is 675 g/mol. The number of amides is 4. The average molecular weight is 676 g/mol. The first-order valence-electron chi connectivity index (χ1n) is 16.4. The molecule has 4 amide bonds. The number of hydrogen-bond acceptors (Lipinski definition) is 7. The maximum atomic E-state index is 14.5. The first kappa shape index (κ1) is 36.8. The number of hydrogen-bond donors (Lipinski definition) is 5. The molecule has 12 nitrogen and oxygen atoms in total. The van der Waals surface area contributed by atoms with Gasteiger partial charge in [-0.05, 0) is 87.4 Å². The molecule has 262 valence electrons. The van der Waals surface area contributed by atoms with Crippen LogP contribution in [0.4, 0.5) is 10.1 Å². The molecule has 2 heterocycles. The smallest absolute Gasteiger partial charge is 0.259 e. The fourth-order valence-corrected chi connectivity index (χ4v) is 5.86. The Bertz CT molecular complexity index is 1700. The summed E-state index contributed by atoms with van der Waals surface area (Å²) in [6.45, 7) is 10.6. The Morgan fingerprint density at radius 1 is 1.08 bits per heavy atom. The molecular formula is C36H46FN7O5. The molecule has 2 aromatic carbocycles. The van der Waals surface area contributed by atoms with Gasteiger partial charge in [-0.15, -0.1) is 0 Å². The van der Waals surface area contributed by atoms with Crippen LogP contribution < -0.4 is 31.3 Å². The number of aryl methyl sites for hydroxylation is 1. The maximum absolute atomic E-state index is 14.5. The van der Waals surface area contributed by atoms with E-state index in [4.69, 9.17) is 10.5 Å². The molecule has 0 fully saturated rings. The molecule has 1 aliphatic heterocycles. The van der Waals surface area contributed by atoms with Gasteiger partial charge in [0.2, 0.25) is 11.8 Å². The van der Waals surface area contributed by atoms with E-state index < -0.39 is 36.1 Å². The van der Waals surface area contributed by atoms with E-state index in [2.05, 4.69) is 39.7 Å². The highest BCUT2D eigenvalue weighted by atomic mass is 19.1. The number of nitrogens with two attached hydrogens (primary N) is 1. The highest BCUT2D eigenvalue weighted by Crippen LogP contribution is 2.38. The molecule has 0 bridgehead atoms. The van der Waals surface area contributed by atoms with Crippen LogP contribution in [-0.4, -0.2) is 85.9 Å². The summed E-state index contributed by atoms with van der Waals surface area (Å²) in [5.74, 6) is -1.62. The van der Waals surface area contributed by atoms with Crippen LogP contribution in [0.15, 0.2) is 42.5 Å². The maximum Gasteiger partial charge on any atom is 0.259 e. The van der Waals surface area contributed by atoms with Gasteiger partial charge in [0.1, 0.15) is 24.2 Å². The van der Waals surface area contributed by atoms with Crippen LogP contribution in [0.5, 0.6) is 5.75 Å². The van der Waals surface area contributed by atoms with Gasteiger partial charge in [0.05, 0.1) is 23.9 Å². The molecule has 1 atom stereocenters. The van der Waals surface area contributed by atoms with Crippen molar-refractivity contribution < 1.29 is 28.3 Å². The number of benzene rings is 2. The van der Waals surface area contributed by atoms with Crippen molar-refractivity contribution in [1.29, 1.82) is 0 Å². The topological polar surface area (TPSA) is 162 Å². The van der Waals surface area contributed by atoms with E-state index in [9.17, 15) is 23.6 Å². The van der Waals surface area contributed by atoms with Crippen molar-refractivity contribution in [2.75, 3.05) is 51.3 Å². The third-order valence-corrected chi connectivity index (χ3v) is 8.65. The molecule has 13 heteroatoms. The summed E-state index contributed by atoms with van der Waals surface area (Å²) in [6, 6.07) is 10.2. The van der Waals surface area contributed by atoms with Gasteiger partial charge in [-0.2, -0.15) is 0 Å². The van der Waals surface area contributed by atoms with Crippen molar-refractivity contribution in [1.82, 2.24) is 25.8 Å². The zero-order chi connectivity index (χ0) is 35.7. The molecule has 6 N–H and O–H groups in total. The molecule has 0 aliphatic carbocycles. The van der Waals surface area contributed by atoms with Crippen LogP contribution in [0.1, 0.15) is 58.7 Å². The molecule has 0 spiro atoms. The fourth-order valence-electron chi connectivity index (χ4n) is 5.86. The number of carbonyl (C=O) groups is 4. The van der Waals surface area contributed by atoms with Crippen molar-refractivity contribution in [3.05, 3.63) is 81.9 Å². The number of fused-ring (bicyclic) bond motifs is 1. The largest absolute Gasteiger partial charge is 0.497 e. The number of anilines is 1. The van der Waals surface area contributed by atoms with Crippen molar-refractivity contribution in [3.63, 3.8) is 0 Å². The summed E-state index contributed by atoms with van der Waals surface area (Å²) in [6.07, 6.45) is 1.76. The zero-order valence-corrected chi connectivity index (χ0v) is 28.7. The van der Waals surface area contributed by atoms with Crippen LogP contribution in [-0.2, 0) is 20.9 Å². The second-order valence-electron chi connectivity index (χ2n) is 11.8. The molecule has 1 aromatic heterocycles. The second kappa shape index (κ2) is 16.9. The summed E-state index contributed by atoms with van der Waals surface area (Å²) < 4.78 is 19.6. The number of aromatic nitrogens is 1. The molecule has 3 aromatic rings. The summed E-state index contributed by atoms with van der Waals surface area (Å²) in [4.78, 5) is 59.9. The van der Waals surface area contributed by atoms with Crippen LogP contribution in [0.25, 0.3) is 11.6 Å². The van der Waals surface area contributed by atoms with E-state index >= 15 is 0 Å². The van der Waals surface area contributed by atoms with Gasteiger partial charge < -0.3 is 36.3 Å². The molecule has 0 saturated heterocycles. The highest BCUT2D eigenvalue weighted by molar-refractivity contribution is 6.36. The predicted molar refractivity (Wildman–Crippen MR) is 187 cm³/mol. The first-order valence-corrected chi connectivity index (χ1v) is 16.4. The Morgan fingerprint density at radius 3 is 2.45 bits per heavy atom. The molecule has 49 heavy (non-hydrogen) atoms. The van der Waals surface area contributed by atoms with E-state index in [1.165, 1.54) is 23.1 Å². The molecular weight excluding hydrogens is 629 g/mol. The number of nitrogens with one attached hydrogen (secondary N) is 4.